The van der Waals surface area contributed by atoms with Crippen LogP contribution in [0.4, 0.5) is 10.7 Å². The molecule has 0 radical (unpaired) electrons. The highest BCUT2D eigenvalue weighted by atomic mass is 16.6. The van der Waals surface area contributed by atoms with Crippen molar-refractivity contribution in [3.63, 3.8) is 0 Å². The second-order valence-electron chi connectivity index (χ2n) is 5.40. The van der Waals surface area contributed by atoms with E-state index in [4.69, 9.17) is 9.47 Å². The number of amides is 1. The maximum Gasteiger partial charge on any atom is 0.414 e. The van der Waals surface area contributed by atoms with Gasteiger partial charge in [-0.1, -0.05) is 6.07 Å². The monoisotopic (exact) mass is 291 g/mol. The standard InChI is InChI=1S/C14H17N3O4/c1-14(2,3)21-13(19)17-12-15-10-8(11(18)16-12)6-5-7-9(10)20-4/h5-7H,1-4H3,(H2,15,16,17,18,19). The van der Waals surface area contributed by atoms with E-state index in [1.54, 1.807) is 39.0 Å². The largest absolute Gasteiger partial charge is 0.494 e. The molecule has 0 atom stereocenters. The van der Waals surface area contributed by atoms with E-state index in [0.717, 1.165) is 0 Å². The van der Waals surface area contributed by atoms with Gasteiger partial charge in [0.25, 0.3) is 5.56 Å². The molecule has 21 heavy (non-hydrogen) atoms. The van der Waals surface area contributed by atoms with Crippen LogP contribution < -0.4 is 15.6 Å². The summed E-state index contributed by atoms with van der Waals surface area (Å²) >= 11 is 0. The number of aromatic nitrogens is 2. The van der Waals surface area contributed by atoms with Gasteiger partial charge in [-0.05, 0) is 32.9 Å². The summed E-state index contributed by atoms with van der Waals surface area (Å²) in [5, 5.41) is 2.78. The molecular weight excluding hydrogens is 274 g/mol. The van der Waals surface area contributed by atoms with Gasteiger partial charge in [-0.25, -0.2) is 9.78 Å². The lowest BCUT2D eigenvalue weighted by atomic mass is 10.2. The number of nitrogens with one attached hydrogen (secondary N) is 2. The summed E-state index contributed by atoms with van der Waals surface area (Å²) in [6.45, 7) is 5.23. The minimum atomic E-state index is -0.695. The quantitative estimate of drug-likeness (QED) is 0.885. The van der Waals surface area contributed by atoms with Crippen molar-refractivity contribution < 1.29 is 14.3 Å². The third-order valence-electron chi connectivity index (χ3n) is 2.54. The van der Waals surface area contributed by atoms with Crippen LogP contribution in [-0.4, -0.2) is 28.8 Å². The van der Waals surface area contributed by atoms with Crippen LogP contribution in [0, 0.1) is 0 Å². The van der Waals surface area contributed by atoms with Crippen molar-refractivity contribution in [3.05, 3.63) is 28.6 Å². The number of rotatable bonds is 2. The van der Waals surface area contributed by atoms with Gasteiger partial charge in [-0.3, -0.25) is 15.1 Å². The number of aromatic amines is 1. The number of ether oxygens (including phenoxy) is 2. The SMILES string of the molecule is COc1cccc2c(=O)[nH]c(NC(=O)OC(C)(C)C)nc12. The molecule has 0 aliphatic carbocycles. The van der Waals surface area contributed by atoms with Gasteiger partial charge in [-0.15, -0.1) is 0 Å². The van der Waals surface area contributed by atoms with Crippen LogP contribution in [0.5, 0.6) is 5.75 Å². The van der Waals surface area contributed by atoms with Crippen molar-refractivity contribution in [1.82, 2.24) is 9.97 Å². The first-order chi connectivity index (χ1) is 9.80. The fraction of sp³-hybridized carbons (Fsp3) is 0.357. The maximum absolute atomic E-state index is 12.0. The smallest absolute Gasteiger partial charge is 0.414 e. The van der Waals surface area contributed by atoms with Gasteiger partial charge in [0.05, 0.1) is 12.5 Å². The third-order valence-corrected chi connectivity index (χ3v) is 2.54. The summed E-state index contributed by atoms with van der Waals surface area (Å²) in [5.74, 6) is 0.456. The highest BCUT2D eigenvalue weighted by Crippen LogP contribution is 2.21. The van der Waals surface area contributed by atoms with Crippen molar-refractivity contribution >= 4 is 22.9 Å². The number of fused-ring (bicyclic) bond motifs is 1. The molecule has 2 N–H and O–H groups in total. The molecular formula is C14H17N3O4. The Balaban J connectivity index is 2.38. The molecule has 0 bridgehead atoms. The van der Waals surface area contributed by atoms with E-state index in [9.17, 15) is 9.59 Å². The highest BCUT2D eigenvalue weighted by molar-refractivity contribution is 5.87. The number of hydrogen-bond acceptors (Lipinski definition) is 5. The Morgan fingerprint density at radius 1 is 1.33 bits per heavy atom. The first-order valence-electron chi connectivity index (χ1n) is 6.37. The molecule has 1 aromatic heterocycles. The summed E-state index contributed by atoms with van der Waals surface area (Å²) < 4.78 is 10.3. The molecule has 2 aromatic rings. The summed E-state index contributed by atoms with van der Waals surface area (Å²) in [6, 6.07) is 5.01. The molecule has 0 fully saturated rings. The number of benzene rings is 1. The number of para-hydroxylation sites is 1. The van der Waals surface area contributed by atoms with Crippen LogP contribution in [0.15, 0.2) is 23.0 Å². The van der Waals surface area contributed by atoms with Crippen LogP contribution >= 0.6 is 0 Å². The number of methoxy groups -OCH3 is 1. The van der Waals surface area contributed by atoms with Crippen molar-refractivity contribution in [2.75, 3.05) is 12.4 Å². The Morgan fingerprint density at radius 3 is 2.67 bits per heavy atom. The fourth-order valence-electron chi connectivity index (χ4n) is 1.76. The predicted octanol–water partition coefficient (Wildman–Crippen LogP) is 2.28. The van der Waals surface area contributed by atoms with Crippen LogP contribution in [0.25, 0.3) is 10.9 Å². The minimum Gasteiger partial charge on any atom is -0.494 e. The summed E-state index contributed by atoms with van der Waals surface area (Å²) in [7, 11) is 1.48. The molecule has 0 saturated heterocycles. The molecule has 1 aromatic carbocycles. The van der Waals surface area contributed by atoms with E-state index in [-0.39, 0.29) is 11.5 Å². The van der Waals surface area contributed by atoms with Crippen molar-refractivity contribution in [1.29, 1.82) is 0 Å². The first-order valence-corrected chi connectivity index (χ1v) is 6.37. The molecule has 7 nitrogen and oxygen atoms in total. The van der Waals surface area contributed by atoms with E-state index in [0.29, 0.717) is 16.7 Å². The van der Waals surface area contributed by atoms with Gasteiger partial charge in [0, 0.05) is 0 Å². The topological polar surface area (TPSA) is 93.3 Å². The zero-order valence-electron chi connectivity index (χ0n) is 12.3. The lowest BCUT2D eigenvalue weighted by Gasteiger charge is -2.19. The number of hydrogen-bond donors (Lipinski definition) is 2. The van der Waals surface area contributed by atoms with E-state index >= 15 is 0 Å². The van der Waals surface area contributed by atoms with Crippen molar-refractivity contribution in [3.8, 4) is 5.75 Å². The Hall–Kier alpha value is -2.57. The lowest BCUT2D eigenvalue weighted by Crippen LogP contribution is -2.28. The second-order valence-corrected chi connectivity index (χ2v) is 5.40. The van der Waals surface area contributed by atoms with Gasteiger partial charge in [0.2, 0.25) is 5.95 Å². The molecule has 112 valence electrons. The number of carbonyl (C=O) groups excluding carboxylic acids is 1. The van der Waals surface area contributed by atoms with Crippen molar-refractivity contribution in [2.24, 2.45) is 0 Å². The molecule has 0 spiro atoms. The average molecular weight is 291 g/mol. The molecule has 0 aliphatic heterocycles. The molecule has 0 unspecified atom stereocenters. The van der Waals surface area contributed by atoms with Gasteiger partial charge in [-0.2, -0.15) is 0 Å². The number of H-pyrrole nitrogens is 1. The van der Waals surface area contributed by atoms with Crippen LogP contribution in [0.3, 0.4) is 0 Å². The molecule has 0 saturated carbocycles. The zero-order valence-corrected chi connectivity index (χ0v) is 12.3. The lowest BCUT2D eigenvalue weighted by molar-refractivity contribution is 0.0634. The first kappa shape index (κ1) is 14.8. The number of nitrogens with zero attached hydrogens (tertiary/aromatic N) is 1. The van der Waals surface area contributed by atoms with Crippen LogP contribution in [0.2, 0.25) is 0 Å². The Labute approximate surface area is 121 Å². The van der Waals surface area contributed by atoms with Gasteiger partial charge < -0.3 is 9.47 Å². The highest BCUT2D eigenvalue weighted by Gasteiger charge is 2.17. The summed E-state index contributed by atoms with van der Waals surface area (Å²) in [4.78, 5) is 30.4. The number of carbonyl (C=O) groups is 1. The number of anilines is 1. The van der Waals surface area contributed by atoms with E-state index in [1.807, 2.05) is 0 Å². The normalized spacial score (nSPS) is 11.2. The van der Waals surface area contributed by atoms with Crippen molar-refractivity contribution in [2.45, 2.75) is 26.4 Å². The zero-order chi connectivity index (χ0) is 15.6. The van der Waals surface area contributed by atoms with Crippen LogP contribution in [-0.2, 0) is 4.74 Å². The average Bonchev–Trinajstić information content (AvgIpc) is 2.35. The molecule has 1 amide bonds. The van der Waals surface area contributed by atoms with Gasteiger partial charge in [0.15, 0.2) is 0 Å². The molecule has 0 aliphatic rings. The van der Waals surface area contributed by atoms with E-state index in [2.05, 4.69) is 15.3 Å². The fourth-order valence-corrected chi connectivity index (χ4v) is 1.76. The van der Waals surface area contributed by atoms with E-state index < -0.39 is 11.7 Å². The van der Waals surface area contributed by atoms with Crippen LogP contribution in [0.1, 0.15) is 20.8 Å². The summed E-state index contributed by atoms with van der Waals surface area (Å²) in [6.07, 6.45) is -0.695. The summed E-state index contributed by atoms with van der Waals surface area (Å²) in [5.41, 5.74) is -0.640. The molecule has 1 heterocycles. The molecule has 7 heteroatoms. The van der Waals surface area contributed by atoms with Gasteiger partial charge in [0.1, 0.15) is 16.9 Å². The maximum atomic E-state index is 12.0. The van der Waals surface area contributed by atoms with E-state index in [1.165, 1.54) is 7.11 Å². The Kier molecular flexibility index (Phi) is 3.84. The van der Waals surface area contributed by atoms with Gasteiger partial charge >= 0.3 is 6.09 Å². The Morgan fingerprint density at radius 2 is 2.05 bits per heavy atom. The Bertz CT molecular complexity index is 731. The third kappa shape index (κ3) is 3.50. The minimum absolute atomic E-state index is 0.00579. The molecule has 2 rings (SSSR count). The predicted molar refractivity (Wildman–Crippen MR) is 78.8 cm³/mol. The second kappa shape index (κ2) is 5.43.